The van der Waals surface area contributed by atoms with E-state index in [1.165, 1.54) is 23.1 Å². The third-order valence-corrected chi connectivity index (χ3v) is 3.16. The van der Waals surface area contributed by atoms with Crippen molar-refractivity contribution in [1.29, 1.82) is 0 Å². The highest BCUT2D eigenvalue weighted by Crippen LogP contribution is 2.36. The third kappa shape index (κ3) is 4.03. The van der Waals surface area contributed by atoms with Gasteiger partial charge in [0.1, 0.15) is 6.54 Å². The predicted octanol–water partition coefficient (Wildman–Crippen LogP) is 2.98. The fourth-order valence-electron chi connectivity index (χ4n) is 2.17. The molecule has 0 bridgehead atoms. The van der Waals surface area contributed by atoms with Crippen LogP contribution in [0.25, 0.3) is 0 Å². The van der Waals surface area contributed by atoms with E-state index in [-0.39, 0.29) is 23.9 Å². The first-order valence-electron chi connectivity index (χ1n) is 6.72. The Morgan fingerprint density at radius 3 is 2.62 bits per heavy atom. The van der Waals surface area contributed by atoms with Gasteiger partial charge >= 0.3 is 12.1 Å². The summed E-state index contributed by atoms with van der Waals surface area (Å²) < 4.78 is 43.2. The van der Waals surface area contributed by atoms with Crippen LogP contribution < -0.4 is 10.6 Å². The standard InChI is InChI=1S/C14H17F3N2O2/c1-2-21-13(20)11-7-9(18)3-6-12(11)19(10-4-5-10)8-14(15,16)17/h3,6-7,10H,2,4-5,8,18H2,1H3. The molecular formula is C14H17F3N2O2. The molecule has 1 aliphatic rings. The van der Waals surface area contributed by atoms with Gasteiger partial charge in [0.2, 0.25) is 0 Å². The first-order valence-corrected chi connectivity index (χ1v) is 6.72. The first-order chi connectivity index (χ1) is 9.81. The van der Waals surface area contributed by atoms with Gasteiger partial charge in [-0.15, -0.1) is 0 Å². The summed E-state index contributed by atoms with van der Waals surface area (Å²) in [5.41, 5.74) is 6.24. The van der Waals surface area contributed by atoms with Crippen molar-refractivity contribution in [2.24, 2.45) is 0 Å². The van der Waals surface area contributed by atoms with E-state index in [0.29, 0.717) is 18.5 Å². The number of hydrogen-bond donors (Lipinski definition) is 1. The minimum Gasteiger partial charge on any atom is -0.462 e. The minimum atomic E-state index is -4.34. The number of carbonyl (C=O) groups excluding carboxylic acids is 1. The number of halogens is 3. The van der Waals surface area contributed by atoms with Crippen molar-refractivity contribution < 1.29 is 22.7 Å². The van der Waals surface area contributed by atoms with Crippen molar-refractivity contribution in [3.63, 3.8) is 0 Å². The Morgan fingerprint density at radius 2 is 2.10 bits per heavy atom. The van der Waals surface area contributed by atoms with Crippen molar-refractivity contribution >= 4 is 17.3 Å². The Bertz CT molecular complexity index is 527. The number of alkyl halides is 3. The van der Waals surface area contributed by atoms with Crippen LogP contribution >= 0.6 is 0 Å². The maximum atomic E-state index is 12.8. The summed E-state index contributed by atoms with van der Waals surface area (Å²) >= 11 is 0. The highest BCUT2D eigenvalue weighted by Gasteiger charge is 2.39. The molecule has 0 aliphatic heterocycles. The zero-order chi connectivity index (χ0) is 15.6. The third-order valence-electron chi connectivity index (χ3n) is 3.16. The van der Waals surface area contributed by atoms with Crippen LogP contribution in [0.1, 0.15) is 30.1 Å². The summed E-state index contributed by atoms with van der Waals surface area (Å²) in [5.74, 6) is -0.660. The fourth-order valence-corrected chi connectivity index (χ4v) is 2.17. The molecule has 2 rings (SSSR count). The van der Waals surface area contributed by atoms with Crippen LogP contribution in [-0.2, 0) is 4.74 Å². The van der Waals surface area contributed by atoms with Gasteiger partial charge in [0.25, 0.3) is 0 Å². The summed E-state index contributed by atoms with van der Waals surface area (Å²) in [7, 11) is 0. The number of esters is 1. The van der Waals surface area contributed by atoms with Gasteiger partial charge in [-0.05, 0) is 38.0 Å². The number of benzene rings is 1. The molecule has 0 radical (unpaired) electrons. The predicted molar refractivity (Wildman–Crippen MR) is 73.2 cm³/mol. The summed E-state index contributed by atoms with van der Waals surface area (Å²) in [6.45, 7) is 0.696. The number of nitrogens with zero attached hydrogens (tertiary/aromatic N) is 1. The summed E-state index contributed by atoms with van der Waals surface area (Å²) in [6.07, 6.45) is -2.97. The molecule has 1 saturated carbocycles. The van der Waals surface area contributed by atoms with Crippen molar-refractivity contribution in [3.8, 4) is 0 Å². The van der Waals surface area contributed by atoms with Gasteiger partial charge in [-0.25, -0.2) is 4.79 Å². The zero-order valence-corrected chi connectivity index (χ0v) is 11.6. The van der Waals surface area contributed by atoms with Crippen LogP contribution in [-0.4, -0.2) is 31.3 Å². The van der Waals surface area contributed by atoms with Crippen molar-refractivity contribution in [3.05, 3.63) is 23.8 Å². The maximum Gasteiger partial charge on any atom is 0.405 e. The van der Waals surface area contributed by atoms with Crippen LogP contribution in [0.15, 0.2) is 18.2 Å². The van der Waals surface area contributed by atoms with Crippen molar-refractivity contribution in [2.75, 3.05) is 23.8 Å². The molecule has 0 aromatic heterocycles. The normalized spacial score (nSPS) is 14.9. The van der Waals surface area contributed by atoms with E-state index < -0.39 is 18.7 Å². The van der Waals surface area contributed by atoms with Crippen LogP contribution in [0.4, 0.5) is 24.5 Å². The van der Waals surface area contributed by atoms with E-state index >= 15 is 0 Å². The van der Waals surface area contributed by atoms with E-state index in [9.17, 15) is 18.0 Å². The van der Waals surface area contributed by atoms with Crippen LogP contribution in [0.3, 0.4) is 0 Å². The van der Waals surface area contributed by atoms with Crippen molar-refractivity contribution in [2.45, 2.75) is 32.0 Å². The van der Waals surface area contributed by atoms with E-state index in [1.54, 1.807) is 6.92 Å². The molecule has 2 N–H and O–H groups in total. The lowest BCUT2D eigenvalue weighted by molar-refractivity contribution is -0.120. The molecule has 7 heteroatoms. The van der Waals surface area contributed by atoms with Gasteiger partial charge in [0, 0.05) is 11.7 Å². The Kier molecular flexibility index (Phi) is 4.29. The second kappa shape index (κ2) is 5.83. The van der Waals surface area contributed by atoms with E-state index in [2.05, 4.69) is 0 Å². The topological polar surface area (TPSA) is 55.6 Å². The monoisotopic (exact) mass is 302 g/mol. The fraction of sp³-hybridized carbons (Fsp3) is 0.500. The molecule has 21 heavy (non-hydrogen) atoms. The largest absolute Gasteiger partial charge is 0.462 e. The highest BCUT2D eigenvalue weighted by molar-refractivity contribution is 5.97. The second-order valence-electron chi connectivity index (χ2n) is 4.97. The van der Waals surface area contributed by atoms with Gasteiger partial charge in [0.15, 0.2) is 0 Å². The second-order valence-corrected chi connectivity index (χ2v) is 4.97. The number of rotatable bonds is 5. The van der Waals surface area contributed by atoms with E-state index in [0.717, 1.165) is 0 Å². The first kappa shape index (κ1) is 15.5. The Morgan fingerprint density at radius 1 is 1.43 bits per heavy atom. The molecule has 1 aromatic carbocycles. The number of nitrogens with two attached hydrogens (primary N) is 1. The summed E-state index contributed by atoms with van der Waals surface area (Å²) in [6, 6.07) is 4.11. The zero-order valence-electron chi connectivity index (χ0n) is 11.6. The lowest BCUT2D eigenvalue weighted by Gasteiger charge is -2.27. The molecule has 0 saturated heterocycles. The molecule has 4 nitrogen and oxygen atoms in total. The minimum absolute atomic E-state index is 0.0769. The molecule has 116 valence electrons. The average Bonchev–Trinajstić information content (AvgIpc) is 3.19. The lowest BCUT2D eigenvalue weighted by Crippen LogP contribution is -2.37. The smallest absolute Gasteiger partial charge is 0.405 e. The van der Waals surface area contributed by atoms with Gasteiger partial charge in [-0.1, -0.05) is 0 Å². The molecule has 0 amide bonds. The number of anilines is 2. The molecule has 1 fully saturated rings. The molecule has 0 unspecified atom stereocenters. The molecule has 1 aromatic rings. The lowest BCUT2D eigenvalue weighted by atomic mass is 10.1. The number of nitrogen functional groups attached to an aromatic ring is 1. The Hall–Kier alpha value is -1.92. The van der Waals surface area contributed by atoms with Gasteiger partial charge in [0.05, 0.1) is 17.9 Å². The SMILES string of the molecule is CCOC(=O)c1cc(N)ccc1N(CC(F)(F)F)C1CC1. The summed E-state index contributed by atoms with van der Waals surface area (Å²) in [4.78, 5) is 13.2. The van der Waals surface area contributed by atoms with Crippen LogP contribution in [0, 0.1) is 0 Å². The van der Waals surface area contributed by atoms with E-state index in [1.807, 2.05) is 0 Å². The summed E-state index contributed by atoms with van der Waals surface area (Å²) in [5, 5.41) is 0. The number of hydrogen-bond acceptors (Lipinski definition) is 4. The van der Waals surface area contributed by atoms with Crippen LogP contribution in [0.2, 0.25) is 0 Å². The number of carbonyl (C=O) groups is 1. The van der Waals surface area contributed by atoms with Gasteiger partial charge in [-0.3, -0.25) is 0 Å². The molecule has 0 spiro atoms. The average molecular weight is 302 g/mol. The van der Waals surface area contributed by atoms with Crippen LogP contribution in [0.5, 0.6) is 0 Å². The quantitative estimate of drug-likeness (QED) is 0.671. The Balaban J connectivity index is 2.37. The Labute approximate surface area is 120 Å². The number of ether oxygens (including phenoxy) is 1. The highest BCUT2D eigenvalue weighted by atomic mass is 19.4. The van der Waals surface area contributed by atoms with Gasteiger partial charge in [-0.2, -0.15) is 13.2 Å². The van der Waals surface area contributed by atoms with E-state index in [4.69, 9.17) is 10.5 Å². The molecular weight excluding hydrogens is 285 g/mol. The van der Waals surface area contributed by atoms with Crippen molar-refractivity contribution in [1.82, 2.24) is 0 Å². The maximum absolute atomic E-state index is 12.8. The molecule has 1 aliphatic carbocycles. The van der Waals surface area contributed by atoms with Gasteiger partial charge < -0.3 is 15.4 Å². The molecule has 0 atom stereocenters. The molecule has 0 heterocycles.